The molecule has 2 atom stereocenters. The predicted octanol–water partition coefficient (Wildman–Crippen LogP) is 4.38. The van der Waals surface area contributed by atoms with Crippen LogP contribution in [-0.4, -0.2) is 47.1 Å². The third-order valence-electron chi connectivity index (χ3n) is 6.48. The molecule has 7 nitrogen and oxygen atoms in total. The molecule has 2 fully saturated rings. The van der Waals surface area contributed by atoms with E-state index in [1.165, 1.54) is 6.07 Å². The Kier molecular flexibility index (Phi) is 5.12. The first-order chi connectivity index (χ1) is 15.4. The molecule has 4 heterocycles. The number of anilines is 2. The molecule has 0 bridgehead atoms. The molecule has 0 unspecified atom stereocenters. The SMILES string of the molecule is Cc1cc(-c2c(F)ccc(N3C[C@H]4CCN(c5nc(C)c(Cl)c(C)n5)C[C@H]43)c2C=O)on1. The fourth-order valence-electron chi connectivity index (χ4n) is 4.76. The van der Waals surface area contributed by atoms with E-state index in [0.717, 1.165) is 37.4 Å². The summed E-state index contributed by atoms with van der Waals surface area (Å²) in [5, 5.41) is 4.44. The normalized spacial score (nSPS) is 20.2. The first kappa shape index (κ1) is 20.9. The molecule has 1 aromatic carbocycles. The fourth-order valence-corrected chi connectivity index (χ4v) is 4.85. The molecule has 0 aliphatic carbocycles. The lowest BCUT2D eigenvalue weighted by Gasteiger charge is -2.55. The van der Waals surface area contributed by atoms with Crippen molar-refractivity contribution in [1.29, 1.82) is 0 Å². The van der Waals surface area contributed by atoms with E-state index in [4.69, 9.17) is 16.1 Å². The standard InChI is InChI=1S/C23H23ClFN5O2/c1-12-8-20(32-28-12)21-16(11-31)18(5-4-17(21)25)30-9-15-6-7-29(10-19(15)30)23-26-13(2)22(24)14(3)27-23/h4-5,8,11,15,19H,6-7,9-10H2,1-3H3/t15-,19-/m1/s1. The van der Waals surface area contributed by atoms with E-state index >= 15 is 0 Å². The number of hydrogen-bond acceptors (Lipinski definition) is 7. The average Bonchev–Trinajstić information content (AvgIpc) is 3.18. The second-order valence-corrected chi connectivity index (χ2v) is 8.91. The number of carbonyl (C=O) groups excluding carboxylic acids is 1. The van der Waals surface area contributed by atoms with Crippen LogP contribution in [0.1, 0.15) is 33.9 Å². The molecule has 0 N–H and O–H groups in total. The highest BCUT2D eigenvalue weighted by Gasteiger charge is 2.44. The number of benzene rings is 1. The second kappa shape index (κ2) is 7.85. The van der Waals surface area contributed by atoms with E-state index in [0.29, 0.717) is 34.6 Å². The Labute approximate surface area is 190 Å². The topological polar surface area (TPSA) is 75.4 Å². The molecule has 2 aromatic heterocycles. The van der Waals surface area contributed by atoms with Crippen LogP contribution in [0.25, 0.3) is 11.3 Å². The molecule has 5 rings (SSSR count). The van der Waals surface area contributed by atoms with Gasteiger partial charge in [-0.2, -0.15) is 0 Å². The van der Waals surface area contributed by atoms with Crippen LogP contribution in [0, 0.1) is 32.5 Å². The van der Waals surface area contributed by atoms with Crippen LogP contribution in [0.3, 0.4) is 0 Å². The molecular formula is C23H23ClFN5O2. The summed E-state index contributed by atoms with van der Waals surface area (Å²) in [6, 6.07) is 4.88. The van der Waals surface area contributed by atoms with Crippen molar-refractivity contribution in [2.75, 3.05) is 29.4 Å². The number of hydrogen-bond donors (Lipinski definition) is 0. The number of halogens is 2. The number of fused-ring (bicyclic) bond motifs is 1. The minimum Gasteiger partial charge on any atom is -0.365 e. The zero-order valence-corrected chi connectivity index (χ0v) is 18.9. The average molecular weight is 456 g/mol. The highest BCUT2D eigenvalue weighted by molar-refractivity contribution is 6.31. The number of nitrogens with zero attached hydrogens (tertiary/aromatic N) is 5. The van der Waals surface area contributed by atoms with Crippen molar-refractivity contribution in [2.24, 2.45) is 5.92 Å². The summed E-state index contributed by atoms with van der Waals surface area (Å²) in [5.41, 5.74) is 3.29. The molecule has 3 aromatic rings. The summed E-state index contributed by atoms with van der Waals surface area (Å²) < 4.78 is 20.0. The number of carbonyl (C=O) groups is 1. The van der Waals surface area contributed by atoms with Gasteiger partial charge in [-0.15, -0.1) is 0 Å². The quantitative estimate of drug-likeness (QED) is 0.540. The summed E-state index contributed by atoms with van der Waals surface area (Å²) in [6.45, 7) is 7.92. The van der Waals surface area contributed by atoms with Crippen molar-refractivity contribution < 1.29 is 13.7 Å². The van der Waals surface area contributed by atoms with E-state index < -0.39 is 5.82 Å². The number of aromatic nitrogens is 3. The van der Waals surface area contributed by atoms with Crippen molar-refractivity contribution in [3.8, 4) is 11.3 Å². The van der Waals surface area contributed by atoms with Gasteiger partial charge in [-0.1, -0.05) is 16.8 Å². The lowest BCUT2D eigenvalue weighted by Crippen LogP contribution is -2.65. The minimum absolute atomic E-state index is 0.154. The lowest BCUT2D eigenvalue weighted by atomic mass is 9.81. The maximum absolute atomic E-state index is 14.7. The van der Waals surface area contributed by atoms with E-state index in [1.54, 1.807) is 19.1 Å². The molecule has 0 saturated carbocycles. The molecule has 9 heteroatoms. The van der Waals surface area contributed by atoms with E-state index in [-0.39, 0.29) is 22.9 Å². The monoisotopic (exact) mass is 455 g/mol. The third-order valence-corrected chi connectivity index (χ3v) is 7.03. The Morgan fingerprint density at radius 2 is 1.94 bits per heavy atom. The Balaban J connectivity index is 1.47. The van der Waals surface area contributed by atoms with Crippen LogP contribution >= 0.6 is 11.6 Å². The fraction of sp³-hybridized carbons (Fsp3) is 0.391. The molecule has 0 amide bonds. The number of piperidine rings is 1. The molecule has 166 valence electrons. The van der Waals surface area contributed by atoms with Gasteiger partial charge in [0.15, 0.2) is 12.0 Å². The van der Waals surface area contributed by atoms with Crippen LogP contribution in [0.5, 0.6) is 0 Å². The van der Waals surface area contributed by atoms with Gasteiger partial charge in [0.1, 0.15) is 5.82 Å². The Bertz CT molecular complexity index is 1190. The molecule has 2 aliphatic heterocycles. The van der Waals surface area contributed by atoms with E-state index in [9.17, 15) is 9.18 Å². The third kappa shape index (κ3) is 3.33. The van der Waals surface area contributed by atoms with Gasteiger partial charge in [0.25, 0.3) is 0 Å². The van der Waals surface area contributed by atoms with Crippen molar-refractivity contribution in [2.45, 2.75) is 33.2 Å². The summed E-state index contributed by atoms with van der Waals surface area (Å²) in [7, 11) is 0. The van der Waals surface area contributed by atoms with Gasteiger partial charge in [0, 0.05) is 37.3 Å². The lowest BCUT2D eigenvalue weighted by molar-refractivity contribution is 0.112. The van der Waals surface area contributed by atoms with Crippen molar-refractivity contribution in [3.05, 3.63) is 51.7 Å². The van der Waals surface area contributed by atoms with Gasteiger partial charge in [-0.25, -0.2) is 14.4 Å². The van der Waals surface area contributed by atoms with Crippen molar-refractivity contribution in [3.63, 3.8) is 0 Å². The zero-order valence-electron chi connectivity index (χ0n) is 18.1. The van der Waals surface area contributed by atoms with Crippen molar-refractivity contribution in [1.82, 2.24) is 15.1 Å². The van der Waals surface area contributed by atoms with Gasteiger partial charge in [-0.3, -0.25) is 4.79 Å². The van der Waals surface area contributed by atoms with Gasteiger partial charge < -0.3 is 14.3 Å². The number of aryl methyl sites for hydroxylation is 3. The summed E-state index contributed by atoms with van der Waals surface area (Å²) in [6.07, 6.45) is 1.70. The molecular weight excluding hydrogens is 433 g/mol. The molecule has 32 heavy (non-hydrogen) atoms. The van der Waals surface area contributed by atoms with Crippen LogP contribution < -0.4 is 9.80 Å². The first-order valence-electron chi connectivity index (χ1n) is 10.6. The van der Waals surface area contributed by atoms with Crippen molar-refractivity contribution >= 4 is 29.5 Å². The highest BCUT2D eigenvalue weighted by atomic mass is 35.5. The molecule has 0 radical (unpaired) electrons. The highest BCUT2D eigenvalue weighted by Crippen LogP contribution is 2.41. The van der Waals surface area contributed by atoms with E-state index in [1.807, 2.05) is 13.8 Å². The zero-order chi connectivity index (χ0) is 22.6. The number of aldehydes is 1. The van der Waals surface area contributed by atoms with Crippen LogP contribution in [-0.2, 0) is 0 Å². The first-order valence-corrected chi connectivity index (χ1v) is 11.0. The van der Waals surface area contributed by atoms with Gasteiger partial charge >= 0.3 is 0 Å². The summed E-state index contributed by atoms with van der Waals surface area (Å²) >= 11 is 6.24. The number of rotatable bonds is 4. The Morgan fingerprint density at radius 1 is 1.19 bits per heavy atom. The van der Waals surface area contributed by atoms with Gasteiger partial charge in [0.05, 0.1) is 39.3 Å². The summed E-state index contributed by atoms with van der Waals surface area (Å²) in [5.74, 6) is 0.921. The maximum Gasteiger partial charge on any atom is 0.225 e. The maximum atomic E-state index is 14.7. The van der Waals surface area contributed by atoms with E-state index in [2.05, 4.69) is 24.9 Å². The van der Waals surface area contributed by atoms with Crippen LogP contribution in [0.4, 0.5) is 16.0 Å². The summed E-state index contributed by atoms with van der Waals surface area (Å²) in [4.78, 5) is 25.6. The Morgan fingerprint density at radius 3 is 2.59 bits per heavy atom. The van der Waals surface area contributed by atoms with Gasteiger partial charge in [-0.05, 0) is 39.3 Å². The van der Waals surface area contributed by atoms with Crippen LogP contribution in [0.2, 0.25) is 5.02 Å². The van der Waals surface area contributed by atoms with Gasteiger partial charge in [0.2, 0.25) is 5.95 Å². The second-order valence-electron chi connectivity index (χ2n) is 8.53. The predicted molar refractivity (Wildman–Crippen MR) is 120 cm³/mol. The molecule has 2 saturated heterocycles. The van der Waals surface area contributed by atoms with Crippen LogP contribution in [0.15, 0.2) is 22.7 Å². The Hall–Kier alpha value is -3.00. The smallest absolute Gasteiger partial charge is 0.225 e. The molecule has 0 spiro atoms. The minimum atomic E-state index is -0.505. The molecule has 2 aliphatic rings. The largest absolute Gasteiger partial charge is 0.365 e.